The van der Waals surface area contributed by atoms with E-state index in [1.165, 1.54) is 0 Å². The predicted octanol–water partition coefficient (Wildman–Crippen LogP) is 4.02. The second kappa shape index (κ2) is 3.95. The van der Waals surface area contributed by atoms with Gasteiger partial charge in [0.05, 0.1) is 0 Å². The fourth-order valence-electron chi connectivity index (χ4n) is 1.53. The number of rotatable bonds is 1. The third-order valence-corrected chi connectivity index (χ3v) is 2.80. The molecule has 2 aromatic carbocycles. The van der Waals surface area contributed by atoms with Crippen LogP contribution in [0.3, 0.4) is 0 Å². The second-order valence-electron chi connectivity index (χ2n) is 3.48. The SMILES string of the molecule is Cc1cc(-c2ccccc2O)ccc1Cl. The Hall–Kier alpha value is -1.47. The van der Waals surface area contributed by atoms with Gasteiger partial charge < -0.3 is 5.11 Å². The molecule has 0 aliphatic heterocycles. The Kier molecular flexibility index (Phi) is 2.65. The minimum atomic E-state index is 0.291. The van der Waals surface area contributed by atoms with E-state index in [4.69, 9.17) is 11.6 Å². The summed E-state index contributed by atoms with van der Waals surface area (Å²) in [4.78, 5) is 0. The summed E-state index contributed by atoms with van der Waals surface area (Å²) in [6.07, 6.45) is 0. The fraction of sp³-hybridized carbons (Fsp3) is 0.0769. The highest BCUT2D eigenvalue weighted by molar-refractivity contribution is 6.31. The lowest BCUT2D eigenvalue weighted by Crippen LogP contribution is -1.81. The first kappa shape index (κ1) is 10.1. The summed E-state index contributed by atoms with van der Waals surface area (Å²) < 4.78 is 0. The number of phenols is 1. The lowest BCUT2D eigenvalue weighted by molar-refractivity contribution is 0.477. The molecule has 0 spiro atoms. The zero-order chi connectivity index (χ0) is 10.8. The van der Waals surface area contributed by atoms with Crippen LogP contribution in [0.4, 0.5) is 0 Å². The molecule has 0 amide bonds. The lowest BCUT2D eigenvalue weighted by Gasteiger charge is -2.06. The zero-order valence-corrected chi connectivity index (χ0v) is 9.12. The Morgan fingerprint density at radius 1 is 1.07 bits per heavy atom. The molecule has 2 heteroatoms. The number of aryl methyl sites for hydroxylation is 1. The van der Waals surface area contributed by atoms with Crippen LogP contribution in [0.15, 0.2) is 42.5 Å². The van der Waals surface area contributed by atoms with Gasteiger partial charge in [-0.05, 0) is 36.2 Å². The Morgan fingerprint density at radius 3 is 2.47 bits per heavy atom. The van der Waals surface area contributed by atoms with E-state index in [9.17, 15) is 5.11 Å². The number of hydrogen-bond donors (Lipinski definition) is 1. The maximum Gasteiger partial charge on any atom is 0.123 e. The molecule has 76 valence electrons. The third-order valence-electron chi connectivity index (χ3n) is 2.37. The summed E-state index contributed by atoms with van der Waals surface area (Å²) in [7, 11) is 0. The molecule has 2 rings (SSSR count). The number of halogens is 1. The first-order valence-electron chi connectivity index (χ1n) is 4.73. The van der Waals surface area contributed by atoms with Crippen molar-refractivity contribution in [3.8, 4) is 16.9 Å². The van der Waals surface area contributed by atoms with E-state index in [-0.39, 0.29) is 0 Å². The van der Waals surface area contributed by atoms with Crippen molar-refractivity contribution in [3.63, 3.8) is 0 Å². The molecule has 0 bridgehead atoms. The van der Waals surface area contributed by atoms with E-state index < -0.39 is 0 Å². The fourth-order valence-corrected chi connectivity index (χ4v) is 1.65. The Morgan fingerprint density at radius 2 is 1.80 bits per heavy atom. The van der Waals surface area contributed by atoms with Crippen molar-refractivity contribution in [3.05, 3.63) is 53.1 Å². The maximum absolute atomic E-state index is 9.69. The molecule has 0 atom stereocenters. The highest BCUT2D eigenvalue weighted by Gasteiger charge is 2.04. The molecule has 0 aliphatic rings. The van der Waals surface area contributed by atoms with Gasteiger partial charge in [-0.25, -0.2) is 0 Å². The van der Waals surface area contributed by atoms with Crippen molar-refractivity contribution in [2.75, 3.05) is 0 Å². The molecule has 2 aromatic rings. The molecular weight excluding hydrogens is 208 g/mol. The number of hydrogen-bond acceptors (Lipinski definition) is 1. The number of benzene rings is 2. The van der Waals surface area contributed by atoms with Gasteiger partial charge in [-0.15, -0.1) is 0 Å². The molecule has 0 aliphatic carbocycles. The quantitative estimate of drug-likeness (QED) is 0.767. The van der Waals surface area contributed by atoms with Crippen LogP contribution in [-0.2, 0) is 0 Å². The van der Waals surface area contributed by atoms with Gasteiger partial charge in [-0.3, -0.25) is 0 Å². The van der Waals surface area contributed by atoms with E-state index in [2.05, 4.69) is 0 Å². The Balaban J connectivity index is 2.55. The number of para-hydroxylation sites is 1. The predicted molar refractivity (Wildman–Crippen MR) is 63.3 cm³/mol. The highest BCUT2D eigenvalue weighted by atomic mass is 35.5. The van der Waals surface area contributed by atoms with Crippen LogP contribution in [0.25, 0.3) is 11.1 Å². The largest absolute Gasteiger partial charge is 0.507 e. The summed E-state index contributed by atoms with van der Waals surface area (Å²) in [6.45, 7) is 1.95. The molecule has 1 N–H and O–H groups in total. The third kappa shape index (κ3) is 1.97. The Labute approximate surface area is 94.0 Å². The van der Waals surface area contributed by atoms with Gasteiger partial charge in [0.2, 0.25) is 0 Å². The summed E-state index contributed by atoms with van der Waals surface area (Å²) in [5.74, 6) is 0.291. The van der Waals surface area contributed by atoms with Crippen LogP contribution >= 0.6 is 11.6 Å². The average Bonchev–Trinajstić information content (AvgIpc) is 2.23. The van der Waals surface area contributed by atoms with Crippen molar-refractivity contribution in [1.82, 2.24) is 0 Å². The molecule has 1 nitrogen and oxygen atoms in total. The van der Waals surface area contributed by atoms with Gasteiger partial charge in [0.25, 0.3) is 0 Å². The van der Waals surface area contributed by atoms with Gasteiger partial charge in [0.1, 0.15) is 5.75 Å². The minimum absolute atomic E-state index is 0.291. The first-order valence-corrected chi connectivity index (χ1v) is 5.11. The van der Waals surface area contributed by atoms with E-state index in [0.717, 1.165) is 21.7 Å². The topological polar surface area (TPSA) is 20.2 Å². The molecule has 15 heavy (non-hydrogen) atoms. The van der Waals surface area contributed by atoms with Crippen LogP contribution in [0.2, 0.25) is 5.02 Å². The van der Waals surface area contributed by atoms with Gasteiger partial charge in [0, 0.05) is 10.6 Å². The van der Waals surface area contributed by atoms with Crippen LogP contribution < -0.4 is 0 Å². The van der Waals surface area contributed by atoms with Crippen LogP contribution in [-0.4, -0.2) is 5.11 Å². The number of phenolic OH excluding ortho intramolecular Hbond substituents is 1. The summed E-state index contributed by atoms with van der Waals surface area (Å²) in [5.41, 5.74) is 2.82. The van der Waals surface area contributed by atoms with Gasteiger partial charge in [-0.2, -0.15) is 0 Å². The van der Waals surface area contributed by atoms with Crippen LogP contribution in [0.1, 0.15) is 5.56 Å². The molecule has 0 unspecified atom stereocenters. The standard InChI is InChI=1S/C13H11ClO/c1-9-8-10(6-7-12(9)14)11-4-2-3-5-13(11)15/h2-8,15H,1H3. The zero-order valence-electron chi connectivity index (χ0n) is 8.37. The van der Waals surface area contributed by atoms with Gasteiger partial charge in [-0.1, -0.05) is 35.9 Å². The molecular formula is C13H11ClO. The van der Waals surface area contributed by atoms with Crippen molar-refractivity contribution >= 4 is 11.6 Å². The Bertz CT molecular complexity index is 492. The molecule has 0 fully saturated rings. The molecule has 0 saturated carbocycles. The monoisotopic (exact) mass is 218 g/mol. The number of aromatic hydroxyl groups is 1. The molecule has 0 radical (unpaired) electrons. The van der Waals surface area contributed by atoms with Crippen LogP contribution in [0, 0.1) is 6.92 Å². The van der Waals surface area contributed by atoms with E-state index >= 15 is 0 Å². The van der Waals surface area contributed by atoms with E-state index in [0.29, 0.717) is 5.75 Å². The normalized spacial score (nSPS) is 10.3. The van der Waals surface area contributed by atoms with Gasteiger partial charge >= 0.3 is 0 Å². The van der Waals surface area contributed by atoms with Gasteiger partial charge in [0.15, 0.2) is 0 Å². The molecule has 0 saturated heterocycles. The minimum Gasteiger partial charge on any atom is -0.507 e. The van der Waals surface area contributed by atoms with Crippen molar-refractivity contribution in [2.45, 2.75) is 6.92 Å². The summed E-state index contributed by atoms with van der Waals surface area (Å²) in [5, 5.41) is 10.4. The van der Waals surface area contributed by atoms with Crippen molar-refractivity contribution in [1.29, 1.82) is 0 Å². The van der Waals surface area contributed by atoms with E-state index in [1.807, 2.05) is 43.3 Å². The highest BCUT2D eigenvalue weighted by Crippen LogP contribution is 2.30. The van der Waals surface area contributed by atoms with E-state index in [1.54, 1.807) is 6.07 Å². The lowest BCUT2D eigenvalue weighted by atomic mass is 10.0. The van der Waals surface area contributed by atoms with Crippen molar-refractivity contribution in [2.24, 2.45) is 0 Å². The average molecular weight is 219 g/mol. The van der Waals surface area contributed by atoms with Crippen molar-refractivity contribution < 1.29 is 5.11 Å². The second-order valence-corrected chi connectivity index (χ2v) is 3.89. The maximum atomic E-state index is 9.69. The first-order chi connectivity index (χ1) is 7.18. The van der Waals surface area contributed by atoms with Crippen LogP contribution in [0.5, 0.6) is 5.75 Å². The molecule has 0 aromatic heterocycles. The smallest absolute Gasteiger partial charge is 0.123 e. The summed E-state index contributed by atoms with van der Waals surface area (Å²) in [6, 6.07) is 13.0. The summed E-state index contributed by atoms with van der Waals surface area (Å²) >= 11 is 5.95. The molecule has 0 heterocycles.